The second kappa shape index (κ2) is 6.83. The highest BCUT2D eigenvalue weighted by Crippen LogP contribution is 2.24. The van der Waals surface area contributed by atoms with Gasteiger partial charge in [0.2, 0.25) is 5.91 Å². The molecule has 0 aliphatic rings. The fourth-order valence-electron chi connectivity index (χ4n) is 2.46. The highest BCUT2D eigenvalue weighted by atomic mass is 16.6. The molecule has 8 nitrogen and oxygen atoms in total. The average Bonchev–Trinajstić information content (AvgIpc) is 3.14. The van der Waals surface area contributed by atoms with Gasteiger partial charge in [-0.05, 0) is 30.3 Å². The number of anilines is 1. The van der Waals surface area contributed by atoms with Crippen molar-refractivity contribution < 1.29 is 9.72 Å². The molecule has 25 heavy (non-hydrogen) atoms. The predicted molar refractivity (Wildman–Crippen MR) is 92.5 cm³/mol. The third-order valence-electron chi connectivity index (χ3n) is 3.69. The van der Waals surface area contributed by atoms with Gasteiger partial charge in [-0.3, -0.25) is 14.9 Å². The SMILES string of the molecule is NC(=O)c1ccc(CNc2ccccc2-n2cccn2)c([N+](=O)[O-])c1. The third-order valence-corrected chi connectivity index (χ3v) is 3.69. The largest absolute Gasteiger partial charge is 0.379 e. The summed E-state index contributed by atoms with van der Waals surface area (Å²) in [5.74, 6) is -0.702. The number of benzene rings is 2. The third kappa shape index (κ3) is 3.47. The first-order valence-electron chi connectivity index (χ1n) is 7.46. The van der Waals surface area contributed by atoms with E-state index in [1.54, 1.807) is 10.9 Å². The van der Waals surface area contributed by atoms with Crippen LogP contribution in [-0.4, -0.2) is 20.6 Å². The lowest BCUT2D eigenvalue weighted by Crippen LogP contribution is -2.12. The standard InChI is InChI=1S/C17H15N5O3/c18-17(23)12-6-7-13(16(10-12)22(24)25)11-19-14-4-1-2-5-15(14)21-9-3-8-20-21/h1-10,19H,11H2,(H2,18,23). The van der Waals surface area contributed by atoms with E-state index in [-0.39, 0.29) is 17.8 Å². The summed E-state index contributed by atoms with van der Waals surface area (Å²) in [6, 6.07) is 13.5. The van der Waals surface area contributed by atoms with Crippen LogP contribution in [0.1, 0.15) is 15.9 Å². The molecule has 1 heterocycles. The van der Waals surface area contributed by atoms with Crippen molar-refractivity contribution >= 4 is 17.3 Å². The number of nitrogens with two attached hydrogens (primary N) is 1. The Bertz CT molecular complexity index is 922. The number of carbonyl (C=O) groups excluding carboxylic acids is 1. The van der Waals surface area contributed by atoms with Crippen molar-refractivity contribution in [2.45, 2.75) is 6.54 Å². The summed E-state index contributed by atoms with van der Waals surface area (Å²) in [5.41, 5.74) is 7.19. The Kier molecular flexibility index (Phi) is 4.42. The lowest BCUT2D eigenvalue weighted by molar-refractivity contribution is -0.385. The minimum absolute atomic E-state index is 0.104. The van der Waals surface area contributed by atoms with E-state index in [9.17, 15) is 14.9 Å². The Labute approximate surface area is 143 Å². The van der Waals surface area contributed by atoms with Crippen LogP contribution in [0.3, 0.4) is 0 Å². The van der Waals surface area contributed by atoms with Crippen molar-refractivity contribution in [1.82, 2.24) is 9.78 Å². The molecule has 8 heteroatoms. The number of nitro groups is 1. The number of nitrogens with zero attached hydrogens (tertiary/aromatic N) is 3. The molecule has 0 fully saturated rings. The van der Waals surface area contributed by atoms with E-state index < -0.39 is 10.8 Å². The number of nitrogens with one attached hydrogen (secondary N) is 1. The molecule has 3 N–H and O–H groups in total. The molecule has 0 unspecified atom stereocenters. The molecule has 1 amide bonds. The molecule has 3 rings (SSSR count). The summed E-state index contributed by atoms with van der Waals surface area (Å²) in [4.78, 5) is 22.0. The second-order valence-electron chi connectivity index (χ2n) is 5.29. The van der Waals surface area contributed by atoms with Crippen LogP contribution in [-0.2, 0) is 6.54 Å². The Morgan fingerprint density at radius 3 is 2.72 bits per heavy atom. The zero-order chi connectivity index (χ0) is 17.8. The number of nitro benzene ring substituents is 1. The van der Waals surface area contributed by atoms with E-state index in [4.69, 9.17) is 5.73 Å². The zero-order valence-electron chi connectivity index (χ0n) is 13.1. The van der Waals surface area contributed by atoms with Crippen molar-refractivity contribution in [3.63, 3.8) is 0 Å². The van der Waals surface area contributed by atoms with Crippen LogP contribution in [0.25, 0.3) is 5.69 Å². The number of rotatable bonds is 6. The van der Waals surface area contributed by atoms with E-state index in [1.807, 2.05) is 36.5 Å². The van der Waals surface area contributed by atoms with Crippen molar-refractivity contribution in [2.24, 2.45) is 5.73 Å². The molecule has 0 radical (unpaired) electrons. The van der Waals surface area contributed by atoms with Gasteiger partial charge in [0, 0.05) is 36.1 Å². The second-order valence-corrected chi connectivity index (χ2v) is 5.29. The molecule has 126 valence electrons. The summed E-state index contributed by atoms with van der Waals surface area (Å²) in [5, 5.41) is 18.6. The number of primary amides is 1. The van der Waals surface area contributed by atoms with Gasteiger partial charge < -0.3 is 11.1 Å². The summed E-state index contributed by atoms with van der Waals surface area (Å²) < 4.78 is 1.70. The Morgan fingerprint density at radius 1 is 1.24 bits per heavy atom. The molecule has 2 aromatic carbocycles. The number of amides is 1. The van der Waals surface area contributed by atoms with Crippen LogP contribution >= 0.6 is 0 Å². The maximum Gasteiger partial charge on any atom is 0.275 e. The van der Waals surface area contributed by atoms with Crippen molar-refractivity contribution in [3.05, 3.63) is 82.2 Å². The summed E-state index contributed by atoms with van der Waals surface area (Å²) in [6.07, 6.45) is 3.48. The first kappa shape index (κ1) is 16.2. The zero-order valence-corrected chi connectivity index (χ0v) is 13.1. The van der Waals surface area contributed by atoms with Crippen molar-refractivity contribution in [1.29, 1.82) is 0 Å². The van der Waals surface area contributed by atoms with Gasteiger partial charge in [-0.2, -0.15) is 5.10 Å². The minimum atomic E-state index is -0.702. The van der Waals surface area contributed by atoms with E-state index >= 15 is 0 Å². The van der Waals surface area contributed by atoms with Crippen molar-refractivity contribution in [2.75, 3.05) is 5.32 Å². The normalized spacial score (nSPS) is 10.4. The topological polar surface area (TPSA) is 116 Å². The first-order valence-corrected chi connectivity index (χ1v) is 7.46. The van der Waals surface area contributed by atoms with E-state index in [1.165, 1.54) is 18.2 Å². The molecule has 0 bridgehead atoms. The molecular weight excluding hydrogens is 322 g/mol. The quantitative estimate of drug-likeness (QED) is 0.529. The highest BCUT2D eigenvalue weighted by molar-refractivity contribution is 5.93. The Hall–Kier alpha value is -3.68. The van der Waals surface area contributed by atoms with Gasteiger partial charge in [0.1, 0.15) is 0 Å². The average molecular weight is 337 g/mol. The van der Waals surface area contributed by atoms with Gasteiger partial charge in [-0.25, -0.2) is 4.68 Å². The van der Waals surface area contributed by atoms with Crippen LogP contribution < -0.4 is 11.1 Å². The number of hydrogen-bond acceptors (Lipinski definition) is 5. The number of para-hydroxylation sites is 2. The monoisotopic (exact) mass is 337 g/mol. The fraction of sp³-hybridized carbons (Fsp3) is 0.0588. The lowest BCUT2D eigenvalue weighted by atomic mass is 10.1. The minimum Gasteiger partial charge on any atom is -0.379 e. The summed E-state index contributed by atoms with van der Waals surface area (Å²) in [7, 11) is 0. The van der Waals surface area contributed by atoms with E-state index in [2.05, 4.69) is 10.4 Å². The van der Waals surface area contributed by atoms with Crippen LogP contribution in [0.15, 0.2) is 60.9 Å². The van der Waals surface area contributed by atoms with E-state index in [0.29, 0.717) is 5.56 Å². The molecule has 3 aromatic rings. The molecule has 0 spiro atoms. The molecule has 0 aliphatic heterocycles. The summed E-state index contributed by atoms with van der Waals surface area (Å²) in [6.45, 7) is 0.216. The highest BCUT2D eigenvalue weighted by Gasteiger charge is 2.16. The van der Waals surface area contributed by atoms with Gasteiger partial charge in [0.15, 0.2) is 0 Å². The molecule has 0 saturated carbocycles. The van der Waals surface area contributed by atoms with E-state index in [0.717, 1.165) is 11.4 Å². The van der Waals surface area contributed by atoms with Gasteiger partial charge in [0.25, 0.3) is 5.69 Å². The maximum absolute atomic E-state index is 11.3. The maximum atomic E-state index is 11.3. The Morgan fingerprint density at radius 2 is 2.04 bits per heavy atom. The van der Waals surface area contributed by atoms with Crippen LogP contribution in [0.2, 0.25) is 0 Å². The fourth-order valence-corrected chi connectivity index (χ4v) is 2.46. The molecule has 1 aromatic heterocycles. The lowest BCUT2D eigenvalue weighted by Gasteiger charge is -2.12. The van der Waals surface area contributed by atoms with Gasteiger partial charge in [-0.15, -0.1) is 0 Å². The number of hydrogen-bond donors (Lipinski definition) is 2. The Balaban J connectivity index is 1.88. The molecule has 0 atom stereocenters. The van der Waals surface area contributed by atoms with Crippen LogP contribution in [0.5, 0.6) is 0 Å². The smallest absolute Gasteiger partial charge is 0.275 e. The predicted octanol–water partition coefficient (Wildman–Crippen LogP) is 2.49. The van der Waals surface area contributed by atoms with Gasteiger partial charge in [-0.1, -0.05) is 12.1 Å². The van der Waals surface area contributed by atoms with Gasteiger partial charge in [0.05, 0.1) is 16.3 Å². The van der Waals surface area contributed by atoms with Crippen molar-refractivity contribution in [3.8, 4) is 5.69 Å². The summed E-state index contributed by atoms with van der Waals surface area (Å²) >= 11 is 0. The first-order chi connectivity index (χ1) is 12.1. The molecule has 0 saturated heterocycles. The van der Waals surface area contributed by atoms with Crippen LogP contribution in [0, 0.1) is 10.1 Å². The van der Waals surface area contributed by atoms with Crippen LogP contribution in [0.4, 0.5) is 11.4 Å². The molecule has 0 aliphatic carbocycles. The number of aromatic nitrogens is 2. The van der Waals surface area contributed by atoms with Gasteiger partial charge >= 0.3 is 0 Å². The number of carbonyl (C=O) groups is 1. The molecular formula is C17H15N5O3.